The van der Waals surface area contributed by atoms with Gasteiger partial charge in [0.1, 0.15) is 23.0 Å². The molecular weight excluding hydrogens is 307 g/mol. The Hall–Kier alpha value is -2.54. The van der Waals surface area contributed by atoms with Gasteiger partial charge in [0.15, 0.2) is 0 Å². The van der Waals surface area contributed by atoms with Crippen molar-refractivity contribution in [2.75, 3.05) is 11.9 Å². The van der Waals surface area contributed by atoms with E-state index in [1.807, 2.05) is 0 Å². The van der Waals surface area contributed by atoms with Gasteiger partial charge in [-0.05, 0) is 31.9 Å². The number of halogens is 1. The molecule has 2 N–H and O–H groups in total. The first-order valence-electron chi connectivity index (χ1n) is 8.14. The Labute approximate surface area is 139 Å². The van der Waals surface area contributed by atoms with Gasteiger partial charge in [-0.1, -0.05) is 0 Å². The maximum atomic E-state index is 13.5. The number of piperidine rings is 1. The van der Waals surface area contributed by atoms with Gasteiger partial charge in [0, 0.05) is 24.8 Å². The molecule has 0 saturated carbocycles. The molecule has 2 atom stereocenters. The van der Waals surface area contributed by atoms with Gasteiger partial charge < -0.3 is 10.6 Å². The highest BCUT2D eigenvalue weighted by molar-refractivity contribution is 5.60. The molecule has 0 aromatic carbocycles. The van der Waals surface area contributed by atoms with Crippen molar-refractivity contribution in [1.29, 1.82) is 0 Å². The summed E-state index contributed by atoms with van der Waals surface area (Å²) < 4.78 is 15.2. The van der Waals surface area contributed by atoms with E-state index < -0.39 is 0 Å². The molecule has 1 fully saturated rings. The lowest BCUT2D eigenvalue weighted by Crippen LogP contribution is -2.43. The molecule has 0 bridgehead atoms. The number of pyridine rings is 1. The largest absolute Gasteiger partial charge is 0.365 e. The van der Waals surface area contributed by atoms with Gasteiger partial charge in [-0.3, -0.25) is 9.38 Å². The molecule has 0 aliphatic carbocycles. The quantitative estimate of drug-likeness (QED) is 0.774. The van der Waals surface area contributed by atoms with E-state index in [4.69, 9.17) is 0 Å². The lowest BCUT2D eigenvalue weighted by Gasteiger charge is -2.28. The molecule has 1 saturated heterocycles. The maximum absolute atomic E-state index is 13.5. The van der Waals surface area contributed by atoms with Crippen molar-refractivity contribution in [3.05, 3.63) is 42.7 Å². The summed E-state index contributed by atoms with van der Waals surface area (Å²) in [6.45, 7) is 3.11. The summed E-state index contributed by atoms with van der Waals surface area (Å²) in [5.41, 5.74) is 2.06. The van der Waals surface area contributed by atoms with Crippen molar-refractivity contribution >= 4 is 11.5 Å². The average Bonchev–Trinajstić information content (AvgIpc) is 3.00. The molecule has 0 radical (unpaired) electrons. The van der Waals surface area contributed by atoms with Crippen LogP contribution in [0.25, 0.3) is 17.0 Å². The smallest absolute Gasteiger partial charge is 0.145 e. The third-order valence-electron chi connectivity index (χ3n) is 4.38. The summed E-state index contributed by atoms with van der Waals surface area (Å²) in [4.78, 5) is 13.2. The number of hydrogen-bond acceptors (Lipinski definition) is 5. The predicted octanol–water partition coefficient (Wildman–Crippen LogP) is 2.48. The number of fused-ring (bicyclic) bond motifs is 1. The van der Waals surface area contributed by atoms with Gasteiger partial charge in [-0.25, -0.2) is 14.4 Å². The normalized spacial score (nSPS) is 21.1. The van der Waals surface area contributed by atoms with Gasteiger partial charge in [0.25, 0.3) is 0 Å². The van der Waals surface area contributed by atoms with E-state index in [1.165, 1.54) is 12.3 Å². The minimum absolute atomic E-state index is 0.314. The minimum atomic E-state index is -0.314. The van der Waals surface area contributed by atoms with Gasteiger partial charge in [-0.15, -0.1) is 0 Å². The zero-order valence-electron chi connectivity index (χ0n) is 13.4. The monoisotopic (exact) mass is 326 g/mol. The second-order valence-electron chi connectivity index (χ2n) is 6.24. The first-order valence-corrected chi connectivity index (χ1v) is 8.14. The molecular formula is C17H19FN6. The fraction of sp³-hybridized carbons (Fsp3) is 0.353. The van der Waals surface area contributed by atoms with Crippen LogP contribution in [0.4, 0.5) is 10.2 Å². The van der Waals surface area contributed by atoms with Crippen molar-refractivity contribution in [3.8, 4) is 11.4 Å². The van der Waals surface area contributed by atoms with Crippen LogP contribution in [0.1, 0.15) is 19.8 Å². The van der Waals surface area contributed by atoms with E-state index in [1.54, 1.807) is 29.1 Å². The van der Waals surface area contributed by atoms with Crippen LogP contribution in [0.5, 0.6) is 0 Å². The van der Waals surface area contributed by atoms with Crippen molar-refractivity contribution in [1.82, 2.24) is 24.7 Å². The predicted molar refractivity (Wildman–Crippen MR) is 90.3 cm³/mol. The second kappa shape index (κ2) is 6.16. The number of rotatable bonds is 3. The van der Waals surface area contributed by atoms with E-state index in [2.05, 4.69) is 32.5 Å². The fourth-order valence-electron chi connectivity index (χ4n) is 3.03. The topological polar surface area (TPSA) is 67.1 Å². The van der Waals surface area contributed by atoms with E-state index in [0.29, 0.717) is 23.4 Å². The zero-order chi connectivity index (χ0) is 16.5. The van der Waals surface area contributed by atoms with Gasteiger partial charge in [0.05, 0.1) is 24.3 Å². The van der Waals surface area contributed by atoms with Gasteiger partial charge in [0.2, 0.25) is 0 Å². The Balaban J connectivity index is 1.61. The van der Waals surface area contributed by atoms with Crippen molar-refractivity contribution in [2.45, 2.75) is 31.8 Å². The first kappa shape index (κ1) is 15.0. The Kier molecular flexibility index (Phi) is 3.86. The van der Waals surface area contributed by atoms with Gasteiger partial charge >= 0.3 is 0 Å². The molecule has 0 unspecified atom stereocenters. The molecule has 1 aliphatic heterocycles. The molecule has 3 aromatic heterocycles. The Morgan fingerprint density at radius 3 is 3.00 bits per heavy atom. The maximum Gasteiger partial charge on any atom is 0.145 e. The number of hydrogen-bond donors (Lipinski definition) is 2. The van der Waals surface area contributed by atoms with Crippen LogP contribution in [0.3, 0.4) is 0 Å². The highest BCUT2D eigenvalue weighted by atomic mass is 19.1. The zero-order valence-corrected chi connectivity index (χ0v) is 13.4. The average molecular weight is 326 g/mol. The SMILES string of the molecule is C[C@H]1CC[C@@H](Nc2cncc(-c3cnc4ccc(F)cn34)n2)CN1. The molecule has 24 heavy (non-hydrogen) atoms. The van der Waals surface area contributed by atoms with E-state index in [9.17, 15) is 4.39 Å². The molecule has 3 aromatic rings. The molecule has 6 nitrogen and oxygen atoms in total. The highest BCUT2D eigenvalue weighted by Crippen LogP contribution is 2.21. The fourth-order valence-corrected chi connectivity index (χ4v) is 3.03. The molecule has 1 aliphatic rings. The Bertz CT molecular complexity index is 853. The number of nitrogens with one attached hydrogen (secondary N) is 2. The summed E-state index contributed by atoms with van der Waals surface area (Å²) in [5, 5.41) is 6.88. The number of nitrogens with zero attached hydrogens (tertiary/aromatic N) is 4. The number of aromatic nitrogens is 4. The lowest BCUT2D eigenvalue weighted by atomic mass is 10.0. The highest BCUT2D eigenvalue weighted by Gasteiger charge is 2.18. The van der Waals surface area contributed by atoms with Crippen LogP contribution in [0.2, 0.25) is 0 Å². The second-order valence-corrected chi connectivity index (χ2v) is 6.24. The molecule has 0 spiro atoms. The van der Waals surface area contributed by atoms with Crippen LogP contribution in [0, 0.1) is 5.82 Å². The third-order valence-corrected chi connectivity index (χ3v) is 4.38. The third kappa shape index (κ3) is 2.94. The molecule has 4 rings (SSSR count). The van der Waals surface area contributed by atoms with Crippen molar-refractivity contribution in [2.24, 2.45) is 0 Å². The molecule has 0 amide bonds. The Morgan fingerprint density at radius 2 is 2.17 bits per heavy atom. The minimum Gasteiger partial charge on any atom is -0.365 e. The number of imidazole rings is 1. The van der Waals surface area contributed by atoms with Crippen LogP contribution in [0.15, 0.2) is 36.9 Å². The number of anilines is 1. The molecule has 7 heteroatoms. The van der Waals surface area contributed by atoms with E-state index in [0.717, 1.165) is 30.9 Å². The van der Waals surface area contributed by atoms with Crippen molar-refractivity contribution in [3.63, 3.8) is 0 Å². The summed E-state index contributed by atoms with van der Waals surface area (Å²) in [7, 11) is 0. The lowest BCUT2D eigenvalue weighted by molar-refractivity contribution is 0.398. The van der Waals surface area contributed by atoms with E-state index >= 15 is 0 Å². The molecule has 124 valence electrons. The van der Waals surface area contributed by atoms with Crippen LogP contribution in [-0.4, -0.2) is 38.0 Å². The summed E-state index contributed by atoms with van der Waals surface area (Å²) in [6, 6.07) is 3.94. The van der Waals surface area contributed by atoms with Crippen LogP contribution >= 0.6 is 0 Å². The summed E-state index contributed by atoms with van der Waals surface area (Å²) >= 11 is 0. The summed E-state index contributed by atoms with van der Waals surface area (Å²) in [5.74, 6) is 0.409. The van der Waals surface area contributed by atoms with Crippen molar-refractivity contribution < 1.29 is 4.39 Å². The van der Waals surface area contributed by atoms with E-state index in [-0.39, 0.29) is 5.82 Å². The first-order chi connectivity index (χ1) is 11.7. The van der Waals surface area contributed by atoms with Gasteiger partial charge in [-0.2, -0.15) is 0 Å². The van der Waals surface area contributed by atoms with Crippen LogP contribution < -0.4 is 10.6 Å². The Morgan fingerprint density at radius 1 is 1.25 bits per heavy atom. The molecule has 4 heterocycles. The standard InChI is InChI=1S/C17H19FN6/c1-11-2-4-13(6-20-11)22-16-9-19-7-14(23-16)15-8-21-17-5-3-12(18)10-24(15)17/h3,5,7-11,13,20H,2,4,6H2,1H3,(H,22,23)/t11-,13+/m0/s1. The van der Waals surface area contributed by atoms with Crippen LogP contribution in [-0.2, 0) is 0 Å². The summed E-state index contributed by atoms with van der Waals surface area (Å²) in [6.07, 6.45) is 8.71.